The zero-order chi connectivity index (χ0) is 8.10. The predicted octanol–water partition coefficient (Wildman–Crippen LogP) is 0.195. The van der Waals surface area contributed by atoms with Gasteiger partial charge in [0.2, 0.25) is 0 Å². The molecule has 1 aromatic heterocycles. The molecule has 11 heavy (non-hydrogen) atoms. The van der Waals surface area contributed by atoms with Crippen LogP contribution in [0.3, 0.4) is 0 Å². The molecule has 58 valence electrons. The molecule has 0 aliphatic carbocycles. The summed E-state index contributed by atoms with van der Waals surface area (Å²) in [6.45, 7) is 0. The van der Waals surface area contributed by atoms with E-state index in [4.69, 9.17) is 0 Å². The molecule has 0 amide bonds. The number of hydrogen-bond donors (Lipinski definition) is 0. The van der Waals surface area contributed by atoms with Crippen molar-refractivity contribution < 1.29 is 14.6 Å². The van der Waals surface area contributed by atoms with Gasteiger partial charge in [0, 0.05) is 12.4 Å². The molecule has 0 atom stereocenters. The number of carbonyl (C=O) groups is 1. The lowest BCUT2D eigenvalue weighted by molar-refractivity contribution is -0.216. The minimum Gasteiger partial charge on any atom is -0.293 e. The van der Waals surface area contributed by atoms with Crippen molar-refractivity contribution in [2.45, 2.75) is 0 Å². The Morgan fingerprint density at radius 3 is 2.64 bits per heavy atom. The van der Waals surface area contributed by atoms with E-state index in [1.807, 2.05) is 0 Å². The lowest BCUT2D eigenvalue weighted by atomic mass is 10.4. The van der Waals surface area contributed by atoms with Gasteiger partial charge in [-0.1, -0.05) is 0 Å². The zero-order valence-corrected chi connectivity index (χ0v) is 5.85. The normalized spacial score (nSPS) is 9.18. The molecule has 5 heteroatoms. The molecule has 0 saturated carbocycles. The highest BCUT2D eigenvalue weighted by Crippen LogP contribution is 1.95. The maximum absolute atomic E-state index is 10.8. The maximum Gasteiger partial charge on any atom is 0.376 e. The Balaban J connectivity index is 2.69. The average molecular weight is 154 g/mol. The van der Waals surface area contributed by atoms with Gasteiger partial charge in [-0.2, -0.15) is 4.89 Å². The average Bonchev–Trinajstić information content (AvgIpc) is 2.07. The third-order valence-electron chi connectivity index (χ3n) is 0.955. The highest BCUT2D eigenvalue weighted by molar-refractivity contribution is 5.88. The monoisotopic (exact) mass is 154 g/mol. The van der Waals surface area contributed by atoms with E-state index in [2.05, 4.69) is 19.7 Å². The lowest BCUT2D eigenvalue weighted by Gasteiger charge is -1.96. The quantitative estimate of drug-likeness (QED) is 0.449. The Kier molecular flexibility index (Phi) is 2.51. The second-order valence-electron chi connectivity index (χ2n) is 1.66. The largest absolute Gasteiger partial charge is 0.376 e. The van der Waals surface area contributed by atoms with E-state index in [-0.39, 0.29) is 5.56 Å². The van der Waals surface area contributed by atoms with Crippen LogP contribution < -0.4 is 0 Å². The summed E-state index contributed by atoms with van der Waals surface area (Å²) >= 11 is 0. The Labute approximate surface area is 62.9 Å². The Bertz CT molecular complexity index is 237. The highest BCUT2D eigenvalue weighted by atomic mass is 17.2. The molecule has 5 nitrogen and oxygen atoms in total. The molecule has 0 spiro atoms. The minimum atomic E-state index is -0.604. The predicted molar refractivity (Wildman–Crippen MR) is 34.5 cm³/mol. The molecule has 0 aliphatic rings. The molecule has 0 N–H and O–H groups in total. The van der Waals surface area contributed by atoms with Gasteiger partial charge in [0.15, 0.2) is 0 Å². The second-order valence-corrected chi connectivity index (χ2v) is 1.66. The van der Waals surface area contributed by atoms with E-state index < -0.39 is 5.97 Å². The number of nitrogens with zero attached hydrogens (tertiary/aromatic N) is 2. The van der Waals surface area contributed by atoms with E-state index in [1.54, 1.807) is 0 Å². The molecule has 0 bridgehead atoms. The van der Waals surface area contributed by atoms with Crippen LogP contribution in [0, 0.1) is 0 Å². The molecule has 0 aromatic carbocycles. The highest BCUT2D eigenvalue weighted by Gasteiger charge is 2.06. The summed E-state index contributed by atoms with van der Waals surface area (Å²) in [6, 6.07) is 0. The molecule has 0 unspecified atom stereocenters. The van der Waals surface area contributed by atoms with Crippen LogP contribution in [0.15, 0.2) is 18.7 Å². The van der Waals surface area contributed by atoms with Gasteiger partial charge in [0.25, 0.3) is 0 Å². The fourth-order valence-electron chi connectivity index (χ4n) is 0.528. The van der Waals surface area contributed by atoms with Crippen molar-refractivity contribution in [3.8, 4) is 0 Å². The van der Waals surface area contributed by atoms with Crippen molar-refractivity contribution in [3.63, 3.8) is 0 Å². The van der Waals surface area contributed by atoms with Gasteiger partial charge < -0.3 is 0 Å². The summed E-state index contributed by atoms with van der Waals surface area (Å²) in [5, 5.41) is 0. The fourth-order valence-corrected chi connectivity index (χ4v) is 0.528. The van der Waals surface area contributed by atoms with Crippen LogP contribution >= 0.6 is 0 Å². The van der Waals surface area contributed by atoms with Crippen molar-refractivity contribution in [3.05, 3.63) is 24.3 Å². The van der Waals surface area contributed by atoms with E-state index in [9.17, 15) is 4.79 Å². The van der Waals surface area contributed by atoms with Crippen molar-refractivity contribution in [1.29, 1.82) is 0 Å². The summed E-state index contributed by atoms with van der Waals surface area (Å²) < 4.78 is 0. The summed E-state index contributed by atoms with van der Waals surface area (Å²) in [7, 11) is 1.25. The van der Waals surface area contributed by atoms with Gasteiger partial charge >= 0.3 is 5.97 Å². The molecular weight excluding hydrogens is 148 g/mol. The Morgan fingerprint density at radius 1 is 1.45 bits per heavy atom. The Hall–Kier alpha value is -1.49. The van der Waals surface area contributed by atoms with Crippen molar-refractivity contribution in [2.75, 3.05) is 7.11 Å². The first kappa shape index (κ1) is 7.62. The molecule has 1 rings (SSSR count). The molecular formula is C6H6N2O3. The first-order valence-electron chi connectivity index (χ1n) is 2.84. The first-order valence-corrected chi connectivity index (χ1v) is 2.84. The third-order valence-corrected chi connectivity index (χ3v) is 0.955. The maximum atomic E-state index is 10.8. The van der Waals surface area contributed by atoms with Crippen molar-refractivity contribution >= 4 is 5.97 Å². The van der Waals surface area contributed by atoms with Crippen LogP contribution in [0.4, 0.5) is 0 Å². The van der Waals surface area contributed by atoms with E-state index in [1.165, 1.54) is 25.8 Å². The van der Waals surface area contributed by atoms with E-state index >= 15 is 0 Å². The summed E-state index contributed by atoms with van der Waals surface area (Å²) in [5.41, 5.74) is 0.259. The molecule has 0 radical (unpaired) electrons. The van der Waals surface area contributed by atoms with Gasteiger partial charge in [-0.25, -0.2) is 14.8 Å². The standard InChI is InChI=1S/C6H6N2O3/c1-10-11-6(9)5-2-7-4-8-3-5/h2-4H,1H3. The van der Waals surface area contributed by atoms with Gasteiger partial charge in [-0.15, -0.1) is 0 Å². The van der Waals surface area contributed by atoms with E-state index in [0.29, 0.717) is 0 Å². The number of hydrogen-bond acceptors (Lipinski definition) is 5. The van der Waals surface area contributed by atoms with Gasteiger partial charge in [0.05, 0.1) is 12.7 Å². The third kappa shape index (κ3) is 1.98. The second kappa shape index (κ2) is 3.62. The molecule has 0 saturated heterocycles. The zero-order valence-electron chi connectivity index (χ0n) is 5.85. The molecule has 1 heterocycles. The van der Waals surface area contributed by atoms with Crippen LogP contribution in [-0.4, -0.2) is 23.0 Å². The summed E-state index contributed by atoms with van der Waals surface area (Å²) in [5.74, 6) is -0.604. The van der Waals surface area contributed by atoms with Gasteiger partial charge in [-0.05, 0) is 0 Å². The van der Waals surface area contributed by atoms with Crippen molar-refractivity contribution in [2.24, 2.45) is 0 Å². The Morgan fingerprint density at radius 2 is 2.09 bits per heavy atom. The smallest absolute Gasteiger partial charge is 0.293 e. The van der Waals surface area contributed by atoms with E-state index in [0.717, 1.165) is 0 Å². The number of aromatic nitrogens is 2. The topological polar surface area (TPSA) is 61.3 Å². The van der Waals surface area contributed by atoms with Gasteiger partial charge in [-0.3, -0.25) is 4.89 Å². The van der Waals surface area contributed by atoms with Crippen LogP contribution in [0.2, 0.25) is 0 Å². The molecule has 1 aromatic rings. The molecule has 0 aliphatic heterocycles. The SMILES string of the molecule is COOC(=O)c1cncnc1. The lowest BCUT2D eigenvalue weighted by Crippen LogP contribution is -2.04. The number of carbonyl (C=O) groups excluding carboxylic acids is 1. The molecule has 0 fully saturated rings. The van der Waals surface area contributed by atoms with Crippen LogP contribution in [0.25, 0.3) is 0 Å². The van der Waals surface area contributed by atoms with Gasteiger partial charge in [0.1, 0.15) is 6.33 Å². The number of rotatable bonds is 2. The van der Waals surface area contributed by atoms with Crippen LogP contribution in [0.1, 0.15) is 10.4 Å². The first-order chi connectivity index (χ1) is 5.34. The van der Waals surface area contributed by atoms with Crippen LogP contribution in [-0.2, 0) is 9.78 Å². The summed E-state index contributed by atoms with van der Waals surface area (Å²) in [6.07, 6.45) is 4.01. The summed E-state index contributed by atoms with van der Waals surface area (Å²) in [4.78, 5) is 26.4. The van der Waals surface area contributed by atoms with Crippen molar-refractivity contribution in [1.82, 2.24) is 9.97 Å². The van der Waals surface area contributed by atoms with Crippen LogP contribution in [0.5, 0.6) is 0 Å². The minimum absolute atomic E-state index is 0.259. The fraction of sp³-hybridized carbons (Fsp3) is 0.167.